The first-order chi connectivity index (χ1) is 13.2. The van der Waals surface area contributed by atoms with E-state index in [1.54, 1.807) is 0 Å². The minimum Gasteiger partial charge on any atom is -0.344 e. The van der Waals surface area contributed by atoms with Crippen molar-refractivity contribution in [1.29, 1.82) is 0 Å². The molecule has 1 heterocycles. The number of hydrogen-bond donors (Lipinski definition) is 1. The van der Waals surface area contributed by atoms with Crippen LogP contribution in [0.15, 0.2) is 0 Å². The highest BCUT2D eigenvalue weighted by molar-refractivity contribution is 5.88. The van der Waals surface area contributed by atoms with Gasteiger partial charge in [0, 0.05) is 38.0 Å². The minimum atomic E-state index is -0.501. The van der Waals surface area contributed by atoms with Crippen molar-refractivity contribution in [2.45, 2.75) is 85.2 Å². The molecular weight excluding hydrogens is 354 g/mol. The van der Waals surface area contributed by atoms with Crippen LogP contribution in [0.2, 0.25) is 0 Å². The maximum atomic E-state index is 13.1. The molecule has 1 aliphatic heterocycles. The largest absolute Gasteiger partial charge is 0.344 e. The molecule has 160 valence electrons. The van der Waals surface area contributed by atoms with E-state index < -0.39 is 6.04 Å². The zero-order valence-corrected chi connectivity index (χ0v) is 18.4. The third-order valence-electron chi connectivity index (χ3n) is 6.02. The Morgan fingerprint density at radius 1 is 1.00 bits per heavy atom. The van der Waals surface area contributed by atoms with E-state index >= 15 is 0 Å². The summed E-state index contributed by atoms with van der Waals surface area (Å²) < 4.78 is 0. The maximum absolute atomic E-state index is 13.1. The van der Waals surface area contributed by atoms with Gasteiger partial charge in [-0.25, -0.2) is 0 Å². The number of nitrogens with one attached hydrogen (secondary N) is 1. The Morgan fingerprint density at radius 2 is 1.64 bits per heavy atom. The van der Waals surface area contributed by atoms with Gasteiger partial charge < -0.3 is 15.1 Å². The van der Waals surface area contributed by atoms with Crippen molar-refractivity contribution in [3.05, 3.63) is 0 Å². The van der Waals surface area contributed by atoms with Crippen molar-refractivity contribution in [3.8, 4) is 0 Å². The Morgan fingerprint density at radius 3 is 2.18 bits per heavy atom. The molecule has 0 aromatic rings. The van der Waals surface area contributed by atoms with Gasteiger partial charge in [-0.1, -0.05) is 47.0 Å². The van der Waals surface area contributed by atoms with Crippen LogP contribution in [0, 0.1) is 17.8 Å². The molecule has 0 radical (unpaired) electrons. The first-order valence-corrected chi connectivity index (χ1v) is 11.1. The monoisotopic (exact) mass is 393 g/mol. The number of carbonyl (C=O) groups excluding carboxylic acids is 3. The normalized spacial score (nSPS) is 22.5. The number of nitrogens with zero attached hydrogens (tertiary/aromatic N) is 2. The van der Waals surface area contributed by atoms with Crippen LogP contribution in [0.1, 0.15) is 73.1 Å². The second-order valence-electron chi connectivity index (χ2n) is 9.39. The van der Waals surface area contributed by atoms with Crippen LogP contribution >= 0.6 is 0 Å². The van der Waals surface area contributed by atoms with Gasteiger partial charge in [0.15, 0.2) is 0 Å². The quantitative estimate of drug-likeness (QED) is 0.754. The van der Waals surface area contributed by atoms with E-state index in [2.05, 4.69) is 5.32 Å². The predicted molar refractivity (Wildman–Crippen MR) is 111 cm³/mol. The first-order valence-electron chi connectivity index (χ1n) is 11.1. The summed E-state index contributed by atoms with van der Waals surface area (Å²) in [5, 5.41) is 2.93. The highest BCUT2D eigenvalue weighted by atomic mass is 16.2. The molecule has 28 heavy (non-hydrogen) atoms. The second-order valence-corrected chi connectivity index (χ2v) is 9.39. The molecule has 1 aliphatic carbocycles. The lowest BCUT2D eigenvalue weighted by atomic mass is 9.87. The van der Waals surface area contributed by atoms with Crippen LogP contribution in [0.25, 0.3) is 0 Å². The van der Waals surface area contributed by atoms with Crippen LogP contribution in [-0.4, -0.2) is 59.2 Å². The van der Waals surface area contributed by atoms with Crippen molar-refractivity contribution in [3.63, 3.8) is 0 Å². The molecule has 1 N–H and O–H groups in total. The van der Waals surface area contributed by atoms with E-state index in [-0.39, 0.29) is 41.5 Å². The van der Waals surface area contributed by atoms with Gasteiger partial charge in [-0.2, -0.15) is 0 Å². The SMILES string of the molecule is CC(C)CC(=O)NC(C(=O)N1CCN(C(=O)C2CCCCC2)C(C)C1)C(C)C. The third-order valence-corrected chi connectivity index (χ3v) is 6.02. The van der Waals surface area contributed by atoms with Crippen molar-refractivity contribution in [2.75, 3.05) is 19.6 Å². The van der Waals surface area contributed by atoms with Gasteiger partial charge in [0.25, 0.3) is 0 Å². The fourth-order valence-electron chi connectivity index (χ4n) is 4.38. The van der Waals surface area contributed by atoms with E-state index in [0.717, 1.165) is 25.7 Å². The summed E-state index contributed by atoms with van der Waals surface area (Å²) in [6, 6.07) is -0.481. The van der Waals surface area contributed by atoms with Crippen LogP contribution in [0.4, 0.5) is 0 Å². The van der Waals surface area contributed by atoms with Gasteiger partial charge in [0.1, 0.15) is 6.04 Å². The molecule has 0 bridgehead atoms. The summed E-state index contributed by atoms with van der Waals surface area (Å²) in [5.41, 5.74) is 0. The fourth-order valence-corrected chi connectivity index (χ4v) is 4.38. The molecule has 2 rings (SSSR count). The number of carbonyl (C=O) groups is 3. The van der Waals surface area contributed by atoms with Gasteiger partial charge in [-0.3, -0.25) is 14.4 Å². The summed E-state index contributed by atoms with van der Waals surface area (Å²) in [6.07, 6.45) is 5.96. The van der Waals surface area contributed by atoms with Gasteiger partial charge in [-0.15, -0.1) is 0 Å². The van der Waals surface area contributed by atoms with E-state index in [9.17, 15) is 14.4 Å². The van der Waals surface area contributed by atoms with Crippen molar-refractivity contribution in [1.82, 2.24) is 15.1 Å². The highest BCUT2D eigenvalue weighted by Crippen LogP contribution is 2.27. The van der Waals surface area contributed by atoms with Crippen molar-refractivity contribution >= 4 is 17.7 Å². The highest BCUT2D eigenvalue weighted by Gasteiger charge is 2.36. The predicted octanol–water partition coefficient (Wildman–Crippen LogP) is 2.81. The lowest BCUT2D eigenvalue weighted by Crippen LogP contribution is -2.60. The van der Waals surface area contributed by atoms with E-state index in [0.29, 0.717) is 26.1 Å². The molecule has 2 fully saturated rings. The molecule has 6 nitrogen and oxygen atoms in total. The second kappa shape index (κ2) is 10.3. The molecule has 1 saturated heterocycles. The molecule has 2 atom stereocenters. The number of amides is 3. The van der Waals surface area contributed by atoms with Gasteiger partial charge in [0.05, 0.1) is 0 Å². The molecule has 3 amide bonds. The van der Waals surface area contributed by atoms with Crippen molar-refractivity contribution in [2.24, 2.45) is 17.8 Å². The van der Waals surface area contributed by atoms with E-state index in [1.165, 1.54) is 6.42 Å². The van der Waals surface area contributed by atoms with Gasteiger partial charge in [-0.05, 0) is 31.6 Å². The number of hydrogen-bond acceptors (Lipinski definition) is 3. The third kappa shape index (κ3) is 5.95. The average molecular weight is 394 g/mol. The molecule has 0 aromatic heterocycles. The summed E-state index contributed by atoms with van der Waals surface area (Å²) in [7, 11) is 0. The van der Waals surface area contributed by atoms with Crippen LogP contribution in [-0.2, 0) is 14.4 Å². The smallest absolute Gasteiger partial charge is 0.245 e. The fraction of sp³-hybridized carbons (Fsp3) is 0.864. The maximum Gasteiger partial charge on any atom is 0.245 e. The Kier molecular flexibility index (Phi) is 8.32. The standard InChI is InChI=1S/C22H39N3O3/c1-15(2)13-19(26)23-20(16(3)4)22(28)24-11-12-25(17(5)14-24)21(27)18-9-7-6-8-10-18/h15-18,20H,6-14H2,1-5H3,(H,23,26). The zero-order valence-electron chi connectivity index (χ0n) is 18.4. The van der Waals surface area contributed by atoms with Gasteiger partial charge >= 0.3 is 0 Å². The molecule has 0 spiro atoms. The number of rotatable bonds is 6. The summed E-state index contributed by atoms with van der Waals surface area (Å²) in [5.74, 6) is 0.630. The molecule has 2 unspecified atom stereocenters. The Bertz CT molecular complexity index is 555. The van der Waals surface area contributed by atoms with Crippen LogP contribution in [0.5, 0.6) is 0 Å². The van der Waals surface area contributed by atoms with Crippen LogP contribution in [0.3, 0.4) is 0 Å². The van der Waals surface area contributed by atoms with E-state index in [1.807, 2.05) is 44.4 Å². The summed E-state index contributed by atoms with van der Waals surface area (Å²) in [4.78, 5) is 42.0. The number of piperazine rings is 1. The first kappa shape index (κ1) is 22.7. The molecular formula is C22H39N3O3. The molecule has 1 saturated carbocycles. The average Bonchev–Trinajstić information content (AvgIpc) is 2.65. The summed E-state index contributed by atoms with van der Waals surface area (Å²) >= 11 is 0. The van der Waals surface area contributed by atoms with E-state index in [4.69, 9.17) is 0 Å². The Hall–Kier alpha value is -1.59. The van der Waals surface area contributed by atoms with Crippen molar-refractivity contribution < 1.29 is 14.4 Å². The minimum absolute atomic E-state index is 0.0197. The van der Waals surface area contributed by atoms with Crippen LogP contribution < -0.4 is 5.32 Å². The zero-order chi connectivity index (χ0) is 20.8. The molecule has 0 aromatic carbocycles. The summed E-state index contributed by atoms with van der Waals surface area (Å²) in [6.45, 7) is 11.6. The molecule has 2 aliphatic rings. The lowest BCUT2D eigenvalue weighted by molar-refractivity contribution is -0.147. The molecule has 6 heteroatoms. The Labute approximate surface area is 170 Å². The van der Waals surface area contributed by atoms with Gasteiger partial charge in [0.2, 0.25) is 17.7 Å². The topological polar surface area (TPSA) is 69.7 Å². The Balaban J connectivity index is 1.95. The lowest BCUT2D eigenvalue weighted by Gasteiger charge is -2.43.